The smallest absolute Gasteiger partial charge is 0.243 e. The van der Waals surface area contributed by atoms with E-state index in [2.05, 4.69) is 32.2 Å². The van der Waals surface area contributed by atoms with Crippen LogP contribution in [0.4, 0.5) is 0 Å². The summed E-state index contributed by atoms with van der Waals surface area (Å²) in [5.41, 5.74) is 7.04. The van der Waals surface area contributed by atoms with Gasteiger partial charge < -0.3 is 16.2 Å². The molecule has 20 heavy (non-hydrogen) atoms. The van der Waals surface area contributed by atoms with Crippen molar-refractivity contribution in [1.82, 2.24) is 5.32 Å². The predicted molar refractivity (Wildman–Crippen MR) is 84.3 cm³/mol. The molecule has 0 rings (SSSR count). The molecular weight excluding hydrogens is 252 g/mol. The van der Waals surface area contributed by atoms with Crippen LogP contribution in [0.5, 0.6) is 0 Å². The average Bonchev–Trinajstić information content (AvgIpc) is 2.36. The minimum atomic E-state index is -0.180. The van der Waals surface area contributed by atoms with Gasteiger partial charge in [0.2, 0.25) is 5.91 Å². The highest BCUT2D eigenvalue weighted by molar-refractivity contribution is 5.87. The number of amides is 1. The van der Waals surface area contributed by atoms with Gasteiger partial charge in [0.05, 0.1) is 0 Å². The van der Waals surface area contributed by atoms with Crippen molar-refractivity contribution < 1.29 is 9.90 Å². The summed E-state index contributed by atoms with van der Waals surface area (Å²) in [6.07, 6.45) is 9.38. The molecule has 116 valence electrons. The third kappa shape index (κ3) is 11.9. The molecule has 0 aromatic heterocycles. The normalized spacial score (nSPS) is 14.1. The fourth-order valence-electron chi connectivity index (χ4n) is 1.74. The number of hydrogen-bond donors (Lipinski definition) is 3. The van der Waals surface area contributed by atoms with E-state index in [1.807, 2.05) is 6.08 Å². The highest BCUT2D eigenvalue weighted by atomic mass is 16.3. The Morgan fingerprint density at radius 3 is 2.65 bits per heavy atom. The number of rotatable bonds is 10. The predicted octanol–water partition coefficient (Wildman–Crippen LogP) is 2.14. The minimum Gasteiger partial charge on any atom is -0.396 e. The third-order valence-electron chi connectivity index (χ3n) is 3.06. The second kappa shape index (κ2) is 11.7. The molecule has 4 nitrogen and oxygen atoms in total. The SMILES string of the molecule is CC(C)=CCCC(C)C/C=C/C(=O)NC[C@@H](N)CCO. The van der Waals surface area contributed by atoms with Crippen LogP contribution in [0.1, 0.15) is 46.5 Å². The number of allylic oxidation sites excluding steroid dienone is 3. The Labute approximate surface area is 123 Å². The van der Waals surface area contributed by atoms with Crippen molar-refractivity contribution in [3.63, 3.8) is 0 Å². The van der Waals surface area contributed by atoms with Crippen LogP contribution in [0, 0.1) is 5.92 Å². The molecule has 2 atom stereocenters. The molecule has 0 spiro atoms. The third-order valence-corrected chi connectivity index (χ3v) is 3.06. The van der Waals surface area contributed by atoms with Crippen molar-refractivity contribution in [2.24, 2.45) is 11.7 Å². The molecule has 0 aromatic carbocycles. The number of nitrogens with one attached hydrogen (secondary N) is 1. The number of carbonyl (C=O) groups excluding carboxylic acids is 1. The van der Waals surface area contributed by atoms with Gasteiger partial charge in [-0.3, -0.25) is 4.79 Å². The summed E-state index contributed by atoms with van der Waals surface area (Å²) in [4.78, 5) is 11.5. The van der Waals surface area contributed by atoms with Crippen LogP contribution >= 0.6 is 0 Å². The molecule has 0 aliphatic heterocycles. The van der Waals surface area contributed by atoms with Crippen LogP contribution in [0.2, 0.25) is 0 Å². The van der Waals surface area contributed by atoms with E-state index in [9.17, 15) is 4.79 Å². The zero-order chi connectivity index (χ0) is 15.4. The fraction of sp³-hybridized carbons (Fsp3) is 0.688. The molecule has 0 heterocycles. The van der Waals surface area contributed by atoms with Crippen LogP contribution in [0.25, 0.3) is 0 Å². The minimum absolute atomic E-state index is 0.0517. The first kappa shape index (κ1) is 18.9. The number of carbonyl (C=O) groups is 1. The lowest BCUT2D eigenvalue weighted by Crippen LogP contribution is -2.37. The van der Waals surface area contributed by atoms with Gasteiger partial charge in [-0.05, 0) is 51.5 Å². The first-order chi connectivity index (χ1) is 9.45. The van der Waals surface area contributed by atoms with Crippen LogP contribution < -0.4 is 11.1 Å². The van der Waals surface area contributed by atoms with Crippen LogP contribution in [-0.4, -0.2) is 30.2 Å². The van der Waals surface area contributed by atoms with E-state index in [0.717, 1.165) is 19.3 Å². The molecule has 0 aliphatic rings. The summed E-state index contributed by atoms with van der Waals surface area (Å²) in [6, 6.07) is -0.180. The molecule has 0 bridgehead atoms. The molecule has 0 saturated carbocycles. The van der Waals surface area contributed by atoms with Crippen molar-refractivity contribution >= 4 is 5.91 Å². The Hall–Kier alpha value is -1.13. The van der Waals surface area contributed by atoms with Gasteiger partial charge in [-0.2, -0.15) is 0 Å². The van der Waals surface area contributed by atoms with Gasteiger partial charge in [-0.25, -0.2) is 0 Å². The molecule has 4 N–H and O–H groups in total. The van der Waals surface area contributed by atoms with E-state index >= 15 is 0 Å². The molecule has 0 aliphatic carbocycles. The lowest BCUT2D eigenvalue weighted by molar-refractivity contribution is -0.116. The number of hydrogen-bond acceptors (Lipinski definition) is 3. The van der Waals surface area contributed by atoms with Crippen LogP contribution in [0.3, 0.4) is 0 Å². The van der Waals surface area contributed by atoms with Gasteiger partial charge in [-0.1, -0.05) is 24.6 Å². The fourth-order valence-corrected chi connectivity index (χ4v) is 1.74. The Bertz CT molecular complexity index is 320. The van der Waals surface area contributed by atoms with Crippen molar-refractivity contribution in [3.8, 4) is 0 Å². The monoisotopic (exact) mass is 282 g/mol. The summed E-state index contributed by atoms with van der Waals surface area (Å²) in [5, 5.41) is 11.4. The maximum absolute atomic E-state index is 11.5. The Morgan fingerprint density at radius 1 is 1.35 bits per heavy atom. The molecule has 0 saturated heterocycles. The first-order valence-electron chi connectivity index (χ1n) is 7.39. The molecule has 0 aromatic rings. The number of aliphatic hydroxyl groups is 1. The molecule has 0 fully saturated rings. The highest BCUT2D eigenvalue weighted by Crippen LogP contribution is 2.12. The van der Waals surface area contributed by atoms with Gasteiger partial charge in [0.15, 0.2) is 0 Å². The number of nitrogens with two attached hydrogens (primary N) is 1. The summed E-state index contributed by atoms with van der Waals surface area (Å²) >= 11 is 0. The second-order valence-corrected chi connectivity index (χ2v) is 5.62. The standard InChI is InChI=1S/C16H30N2O2/c1-13(2)6-4-7-14(3)8-5-9-16(20)18-12-15(17)10-11-19/h5-6,9,14-15,19H,4,7-8,10-12,17H2,1-3H3,(H,18,20)/b9-5+/t14?,15-/m0/s1. The van der Waals surface area contributed by atoms with Gasteiger partial charge in [-0.15, -0.1) is 0 Å². The lowest BCUT2D eigenvalue weighted by Gasteiger charge is -2.10. The van der Waals surface area contributed by atoms with E-state index in [-0.39, 0.29) is 18.6 Å². The summed E-state index contributed by atoms with van der Waals surface area (Å²) in [5.74, 6) is 0.459. The Kier molecular flexibility index (Phi) is 11.0. The topological polar surface area (TPSA) is 75.4 Å². The van der Waals surface area contributed by atoms with E-state index in [1.165, 1.54) is 5.57 Å². The van der Waals surface area contributed by atoms with E-state index in [1.54, 1.807) is 6.08 Å². The Balaban J connectivity index is 3.77. The van der Waals surface area contributed by atoms with Crippen molar-refractivity contribution in [1.29, 1.82) is 0 Å². The van der Waals surface area contributed by atoms with Crippen molar-refractivity contribution in [3.05, 3.63) is 23.8 Å². The maximum Gasteiger partial charge on any atom is 0.243 e. The molecule has 4 heteroatoms. The summed E-state index contributed by atoms with van der Waals surface area (Å²) in [6.45, 7) is 6.86. The highest BCUT2D eigenvalue weighted by Gasteiger charge is 2.03. The maximum atomic E-state index is 11.5. The van der Waals surface area contributed by atoms with Gasteiger partial charge >= 0.3 is 0 Å². The zero-order valence-electron chi connectivity index (χ0n) is 13.1. The second-order valence-electron chi connectivity index (χ2n) is 5.62. The van der Waals surface area contributed by atoms with Gasteiger partial charge in [0, 0.05) is 19.2 Å². The zero-order valence-corrected chi connectivity index (χ0v) is 13.1. The molecule has 0 radical (unpaired) electrons. The quantitative estimate of drug-likeness (QED) is 0.424. The number of aliphatic hydroxyl groups excluding tert-OH is 1. The van der Waals surface area contributed by atoms with E-state index in [0.29, 0.717) is 18.9 Å². The Morgan fingerprint density at radius 2 is 2.05 bits per heavy atom. The van der Waals surface area contributed by atoms with Gasteiger partial charge in [0.25, 0.3) is 0 Å². The molecule has 1 unspecified atom stereocenters. The first-order valence-corrected chi connectivity index (χ1v) is 7.39. The van der Waals surface area contributed by atoms with E-state index in [4.69, 9.17) is 10.8 Å². The largest absolute Gasteiger partial charge is 0.396 e. The summed E-state index contributed by atoms with van der Waals surface area (Å²) in [7, 11) is 0. The van der Waals surface area contributed by atoms with Gasteiger partial charge in [0.1, 0.15) is 0 Å². The van der Waals surface area contributed by atoms with E-state index < -0.39 is 0 Å². The van der Waals surface area contributed by atoms with Crippen molar-refractivity contribution in [2.75, 3.05) is 13.2 Å². The van der Waals surface area contributed by atoms with Crippen LogP contribution in [0.15, 0.2) is 23.8 Å². The molecule has 1 amide bonds. The van der Waals surface area contributed by atoms with Crippen molar-refractivity contribution in [2.45, 2.75) is 52.5 Å². The summed E-state index contributed by atoms with van der Waals surface area (Å²) < 4.78 is 0. The average molecular weight is 282 g/mol. The van der Waals surface area contributed by atoms with Crippen LogP contribution in [-0.2, 0) is 4.79 Å². The lowest BCUT2D eigenvalue weighted by atomic mass is 10.0. The molecular formula is C16H30N2O2.